The van der Waals surface area contributed by atoms with E-state index in [2.05, 4.69) is 39.0 Å². The van der Waals surface area contributed by atoms with Crippen molar-refractivity contribution >= 4 is 14.3 Å². The Morgan fingerprint density at radius 3 is 2.42 bits per heavy atom. The number of aromatic nitrogens is 1. The van der Waals surface area contributed by atoms with Crippen molar-refractivity contribution in [3.63, 3.8) is 0 Å². The molecule has 1 aromatic rings. The van der Waals surface area contributed by atoms with Crippen LogP contribution in [0.5, 0.6) is 0 Å². The third-order valence-corrected chi connectivity index (χ3v) is 8.26. The highest BCUT2D eigenvalue weighted by atomic mass is 28.4. The topological polar surface area (TPSA) is 72.6 Å². The van der Waals surface area contributed by atoms with E-state index in [0.717, 1.165) is 0 Å². The summed E-state index contributed by atoms with van der Waals surface area (Å²) in [5, 5.41) is 12.8. The zero-order chi connectivity index (χ0) is 14.8. The van der Waals surface area contributed by atoms with Crippen molar-refractivity contribution in [3.8, 4) is 0 Å². The second kappa shape index (κ2) is 5.46. The predicted octanol–water partition coefficient (Wildman–Crippen LogP) is 3.46. The van der Waals surface area contributed by atoms with Crippen molar-refractivity contribution in [1.29, 1.82) is 0 Å². The van der Waals surface area contributed by atoms with Gasteiger partial charge in [0, 0.05) is 6.42 Å². The second-order valence-corrected chi connectivity index (χ2v) is 10.9. The number of nitrogens with zero attached hydrogens (tertiary/aromatic N) is 1. The van der Waals surface area contributed by atoms with Gasteiger partial charge in [0.15, 0.2) is 14.0 Å². The number of aromatic carboxylic acids is 1. The molecule has 0 spiro atoms. The first kappa shape index (κ1) is 15.9. The smallest absolute Gasteiger partial charge is 0.358 e. The van der Waals surface area contributed by atoms with Gasteiger partial charge in [0.25, 0.3) is 0 Å². The molecule has 0 aliphatic rings. The number of hydrogen-bond donors (Lipinski definition) is 1. The Balaban J connectivity index is 2.94. The van der Waals surface area contributed by atoms with Gasteiger partial charge in [-0.2, -0.15) is 0 Å². The van der Waals surface area contributed by atoms with Crippen LogP contribution < -0.4 is 0 Å². The minimum Gasteiger partial charge on any atom is -0.476 e. The summed E-state index contributed by atoms with van der Waals surface area (Å²) >= 11 is 0. The summed E-state index contributed by atoms with van der Waals surface area (Å²) < 4.78 is 11.1. The maximum atomic E-state index is 11.1. The third kappa shape index (κ3) is 3.45. The van der Waals surface area contributed by atoms with Crippen molar-refractivity contribution in [3.05, 3.63) is 17.0 Å². The minimum atomic E-state index is -1.92. The van der Waals surface area contributed by atoms with E-state index in [1.807, 2.05) is 6.92 Å². The molecule has 1 heterocycles. The predicted molar refractivity (Wildman–Crippen MR) is 74.8 cm³/mol. The maximum Gasteiger partial charge on any atom is 0.358 e. The van der Waals surface area contributed by atoms with Crippen LogP contribution in [0.25, 0.3) is 0 Å². The summed E-state index contributed by atoms with van der Waals surface area (Å²) in [6.07, 6.45) is 0.608. The first-order valence-electron chi connectivity index (χ1n) is 6.45. The number of aryl methyl sites for hydroxylation is 1. The fraction of sp³-hybridized carbons (Fsp3) is 0.692. The van der Waals surface area contributed by atoms with Gasteiger partial charge in [0.05, 0.1) is 12.2 Å². The fourth-order valence-corrected chi connectivity index (χ4v) is 2.35. The van der Waals surface area contributed by atoms with E-state index in [4.69, 9.17) is 14.1 Å². The van der Waals surface area contributed by atoms with Crippen LogP contribution in [0.4, 0.5) is 0 Å². The minimum absolute atomic E-state index is 0.0319. The van der Waals surface area contributed by atoms with Gasteiger partial charge < -0.3 is 14.1 Å². The number of carbonyl (C=O) groups is 1. The molecule has 1 N–H and O–H groups in total. The zero-order valence-corrected chi connectivity index (χ0v) is 13.5. The lowest BCUT2D eigenvalue weighted by atomic mass is 10.1. The third-order valence-electron chi connectivity index (χ3n) is 3.78. The van der Waals surface area contributed by atoms with Gasteiger partial charge in [-0.05, 0) is 18.1 Å². The molecule has 0 aromatic carbocycles. The van der Waals surface area contributed by atoms with Crippen LogP contribution >= 0.6 is 0 Å². The molecule has 1 aromatic heterocycles. The molecule has 0 amide bonds. The molecule has 0 unspecified atom stereocenters. The van der Waals surface area contributed by atoms with Crippen molar-refractivity contribution in [1.82, 2.24) is 5.16 Å². The highest BCUT2D eigenvalue weighted by Crippen LogP contribution is 2.37. The largest absolute Gasteiger partial charge is 0.476 e. The van der Waals surface area contributed by atoms with Crippen LogP contribution in [-0.4, -0.2) is 24.5 Å². The van der Waals surface area contributed by atoms with Crippen LogP contribution in [0.2, 0.25) is 18.1 Å². The normalized spacial score (nSPS) is 12.7. The molecule has 108 valence electrons. The van der Waals surface area contributed by atoms with Crippen LogP contribution in [-0.2, 0) is 17.5 Å². The Morgan fingerprint density at radius 1 is 1.42 bits per heavy atom. The van der Waals surface area contributed by atoms with Gasteiger partial charge in [-0.1, -0.05) is 32.9 Å². The summed E-state index contributed by atoms with van der Waals surface area (Å²) in [4.78, 5) is 11.1. The number of hydrogen-bond acceptors (Lipinski definition) is 4. The summed E-state index contributed by atoms with van der Waals surface area (Å²) in [5.41, 5.74) is 0.537. The van der Waals surface area contributed by atoms with Gasteiger partial charge in [-0.3, -0.25) is 0 Å². The monoisotopic (exact) mass is 285 g/mol. The van der Waals surface area contributed by atoms with Crippen LogP contribution in [0, 0.1) is 0 Å². The summed E-state index contributed by atoms with van der Waals surface area (Å²) in [6, 6.07) is 0. The van der Waals surface area contributed by atoms with E-state index in [1.165, 1.54) is 0 Å². The van der Waals surface area contributed by atoms with E-state index in [9.17, 15) is 4.79 Å². The maximum absolute atomic E-state index is 11.1. The van der Waals surface area contributed by atoms with Crippen LogP contribution in [0.3, 0.4) is 0 Å². The molecule has 0 bridgehead atoms. The molecule has 0 saturated carbocycles. The van der Waals surface area contributed by atoms with Crippen molar-refractivity contribution in [2.45, 2.75) is 58.9 Å². The van der Waals surface area contributed by atoms with Gasteiger partial charge in [0.1, 0.15) is 5.76 Å². The number of rotatable bonds is 5. The van der Waals surface area contributed by atoms with Crippen molar-refractivity contribution < 1.29 is 18.9 Å². The highest BCUT2D eigenvalue weighted by molar-refractivity contribution is 6.74. The molecule has 5 nitrogen and oxygen atoms in total. The van der Waals surface area contributed by atoms with Crippen LogP contribution in [0.1, 0.15) is 49.5 Å². The summed E-state index contributed by atoms with van der Waals surface area (Å²) in [6.45, 7) is 12.9. The van der Waals surface area contributed by atoms with Gasteiger partial charge in [0.2, 0.25) is 0 Å². The molecule has 0 atom stereocenters. The molecule has 0 aliphatic carbocycles. The van der Waals surface area contributed by atoms with E-state index >= 15 is 0 Å². The average molecular weight is 285 g/mol. The van der Waals surface area contributed by atoms with Gasteiger partial charge in [-0.15, -0.1) is 0 Å². The number of carboxylic acids is 1. The quantitative estimate of drug-likeness (QED) is 0.839. The molecule has 0 aliphatic heterocycles. The molecule has 6 heteroatoms. The molecular weight excluding hydrogens is 262 g/mol. The zero-order valence-electron chi connectivity index (χ0n) is 12.5. The number of carboxylic acid groups (broad SMARTS) is 1. The van der Waals surface area contributed by atoms with Gasteiger partial charge >= 0.3 is 5.97 Å². The standard InChI is InChI=1S/C13H23NO4Si/c1-7-10-9(11(12(15)16)14-18-10)8-17-19(5,6)13(2,3)4/h7-8H2,1-6H3,(H,15,16). The first-order chi connectivity index (χ1) is 8.60. The molecule has 1 rings (SSSR count). The van der Waals surface area contributed by atoms with E-state index in [-0.39, 0.29) is 17.3 Å². The second-order valence-electron chi connectivity index (χ2n) is 6.14. The Bertz CT molecular complexity index is 460. The lowest BCUT2D eigenvalue weighted by molar-refractivity contribution is 0.0683. The highest BCUT2D eigenvalue weighted by Gasteiger charge is 2.37. The molecule has 0 radical (unpaired) electrons. The van der Waals surface area contributed by atoms with Crippen LogP contribution in [0.15, 0.2) is 4.52 Å². The summed E-state index contributed by atoms with van der Waals surface area (Å²) in [5.74, 6) is -0.478. The summed E-state index contributed by atoms with van der Waals surface area (Å²) in [7, 11) is -1.92. The first-order valence-corrected chi connectivity index (χ1v) is 9.35. The lowest BCUT2D eigenvalue weighted by Crippen LogP contribution is -2.40. The van der Waals surface area contributed by atoms with E-state index in [1.54, 1.807) is 0 Å². The Labute approximate surface area is 115 Å². The molecule has 0 saturated heterocycles. The SMILES string of the molecule is CCc1onc(C(=O)O)c1CO[Si](C)(C)C(C)(C)C. The average Bonchev–Trinajstić information content (AvgIpc) is 2.67. The Kier molecular flexibility index (Phi) is 4.57. The Hall–Kier alpha value is -1.14. The molecular formula is C13H23NO4Si. The van der Waals surface area contributed by atoms with Gasteiger partial charge in [-0.25, -0.2) is 4.79 Å². The van der Waals surface area contributed by atoms with E-state index in [0.29, 0.717) is 17.7 Å². The van der Waals surface area contributed by atoms with Crippen molar-refractivity contribution in [2.24, 2.45) is 0 Å². The fourth-order valence-electron chi connectivity index (χ4n) is 1.41. The molecule has 0 fully saturated rings. The Morgan fingerprint density at radius 2 is 2.00 bits per heavy atom. The lowest BCUT2D eigenvalue weighted by Gasteiger charge is -2.36. The van der Waals surface area contributed by atoms with Crippen molar-refractivity contribution in [2.75, 3.05) is 0 Å². The molecule has 19 heavy (non-hydrogen) atoms. The van der Waals surface area contributed by atoms with E-state index < -0.39 is 14.3 Å².